The predicted octanol–water partition coefficient (Wildman–Crippen LogP) is 3.56. The second-order valence-electron chi connectivity index (χ2n) is 8.07. The van der Waals surface area contributed by atoms with Gasteiger partial charge in [-0.3, -0.25) is 10.1 Å². The van der Waals surface area contributed by atoms with Gasteiger partial charge in [-0.05, 0) is 42.8 Å². The van der Waals surface area contributed by atoms with Gasteiger partial charge in [0.05, 0.1) is 16.7 Å². The van der Waals surface area contributed by atoms with Gasteiger partial charge in [-0.2, -0.15) is 5.26 Å². The summed E-state index contributed by atoms with van der Waals surface area (Å²) in [5.74, 6) is -2.07. The van der Waals surface area contributed by atoms with Crippen molar-refractivity contribution in [3.05, 3.63) is 76.9 Å². The Labute approximate surface area is 205 Å². The molecular formula is C25H21FN6O4. The van der Waals surface area contributed by atoms with E-state index in [0.29, 0.717) is 12.0 Å². The van der Waals surface area contributed by atoms with Crippen molar-refractivity contribution in [2.45, 2.75) is 31.7 Å². The van der Waals surface area contributed by atoms with E-state index < -0.39 is 29.8 Å². The summed E-state index contributed by atoms with van der Waals surface area (Å²) in [5, 5.41) is 14.1. The van der Waals surface area contributed by atoms with Gasteiger partial charge in [0.25, 0.3) is 0 Å². The smallest absolute Gasteiger partial charge is 0.345 e. The Bertz CT molecular complexity index is 1370. The number of esters is 1. The number of nitriles is 1. The van der Waals surface area contributed by atoms with E-state index in [4.69, 9.17) is 15.7 Å². The number of ether oxygens (including phenoxy) is 1. The highest BCUT2D eigenvalue weighted by molar-refractivity contribution is 6.01. The zero-order valence-electron chi connectivity index (χ0n) is 19.1. The average molecular weight is 488 g/mol. The second-order valence-corrected chi connectivity index (χ2v) is 8.07. The molecule has 2 heterocycles. The number of pyridine rings is 2. The molecule has 2 amide bonds. The zero-order chi connectivity index (χ0) is 25.8. The molecule has 0 radical (unpaired) electrons. The number of ketones is 1. The van der Waals surface area contributed by atoms with Crippen molar-refractivity contribution in [2.75, 3.05) is 11.1 Å². The van der Waals surface area contributed by atoms with Gasteiger partial charge in [0.2, 0.25) is 0 Å². The van der Waals surface area contributed by atoms with Crippen LogP contribution in [0.25, 0.3) is 0 Å². The number of nitrogens with zero attached hydrogens (tertiary/aromatic N) is 3. The van der Waals surface area contributed by atoms with Crippen LogP contribution in [-0.2, 0) is 0 Å². The van der Waals surface area contributed by atoms with Crippen LogP contribution in [0.3, 0.4) is 0 Å². The van der Waals surface area contributed by atoms with Crippen molar-refractivity contribution in [3.8, 4) is 11.8 Å². The first kappa shape index (κ1) is 24.3. The van der Waals surface area contributed by atoms with E-state index in [-0.39, 0.29) is 46.3 Å². The highest BCUT2D eigenvalue weighted by Crippen LogP contribution is 2.47. The lowest BCUT2D eigenvalue weighted by atomic mass is 10.00. The summed E-state index contributed by atoms with van der Waals surface area (Å²) < 4.78 is 20.6. The zero-order valence-corrected chi connectivity index (χ0v) is 19.1. The van der Waals surface area contributed by atoms with E-state index in [1.165, 1.54) is 42.7 Å². The van der Waals surface area contributed by atoms with Crippen LogP contribution in [0, 0.1) is 17.1 Å². The first-order valence-corrected chi connectivity index (χ1v) is 11.0. The van der Waals surface area contributed by atoms with Gasteiger partial charge >= 0.3 is 12.0 Å². The number of aromatic nitrogens is 2. The Morgan fingerprint density at radius 2 is 1.97 bits per heavy atom. The Morgan fingerprint density at radius 1 is 1.17 bits per heavy atom. The van der Waals surface area contributed by atoms with Crippen molar-refractivity contribution in [2.24, 2.45) is 0 Å². The third kappa shape index (κ3) is 5.28. The fourth-order valence-corrected chi connectivity index (χ4v) is 3.65. The summed E-state index contributed by atoms with van der Waals surface area (Å²) >= 11 is 0. The van der Waals surface area contributed by atoms with E-state index in [0.717, 1.165) is 6.07 Å². The fourth-order valence-electron chi connectivity index (χ4n) is 3.65. The van der Waals surface area contributed by atoms with Crippen LogP contribution in [0.1, 0.15) is 57.5 Å². The van der Waals surface area contributed by atoms with Gasteiger partial charge < -0.3 is 15.8 Å². The van der Waals surface area contributed by atoms with Gasteiger partial charge in [-0.1, -0.05) is 6.92 Å². The van der Waals surface area contributed by atoms with E-state index in [1.54, 1.807) is 6.92 Å². The SMILES string of the molecule is CCC(=O)c1ccc(F)c([C@@H]2C[C@@H]2NC(=O)Nc2ccc(C#N)cn2)c1OC(=O)c1ccc(N)nc1. The number of Topliss-reactive ketones (excluding diaryl/α,β-unsaturated/α-hetero) is 1. The molecule has 0 spiro atoms. The van der Waals surface area contributed by atoms with Crippen molar-refractivity contribution >= 4 is 29.4 Å². The van der Waals surface area contributed by atoms with Gasteiger partial charge in [0, 0.05) is 36.3 Å². The summed E-state index contributed by atoms with van der Waals surface area (Å²) in [4.78, 5) is 45.5. The Kier molecular flexibility index (Phi) is 6.87. The largest absolute Gasteiger partial charge is 0.422 e. The van der Waals surface area contributed by atoms with Gasteiger partial charge in [0.1, 0.15) is 29.3 Å². The molecule has 1 aliphatic carbocycles. The predicted molar refractivity (Wildman–Crippen MR) is 127 cm³/mol. The molecule has 4 N–H and O–H groups in total. The van der Waals surface area contributed by atoms with Gasteiger partial charge in [-0.15, -0.1) is 0 Å². The number of hydrogen-bond acceptors (Lipinski definition) is 8. The monoisotopic (exact) mass is 488 g/mol. The molecule has 0 saturated heterocycles. The minimum atomic E-state index is -0.825. The molecule has 1 aliphatic rings. The summed E-state index contributed by atoms with van der Waals surface area (Å²) in [6, 6.07) is 9.13. The Morgan fingerprint density at radius 3 is 2.61 bits per heavy atom. The molecule has 1 fully saturated rings. The van der Waals surface area contributed by atoms with Gasteiger partial charge in [-0.25, -0.2) is 23.9 Å². The highest BCUT2D eigenvalue weighted by Gasteiger charge is 2.44. The lowest BCUT2D eigenvalue weighted by molar-refractivity contribution is 0.0729. The standard InChI is InChI=1S/C25H21FN6O4/c1-2-19(33)15-5-6-17(26)22(23(15)36-24(34)14-4-7-20(28)29-12-14)16-9-18(16)31-25(35)32-21-8-3-13(10-27)11-30-21/h3-8,11-12,16,18H,2,9H2,1H3,(H2,28,29)(H2,30,31,32,35)/t16-,18+/m1/s1. The van der Waals surface area contributed by atoms with Crippen molar-refractivity contribution in [3.63, 3.8) is 0 Å². The number of nitrogen functional groups attached to an aromatic ring is 1. The van der Waals surface area contributed by atoms with Crippen molar-refractivity contribution in [1.29, 1.82) is 5.26 Å². The molecule has 0 aliphatic heterocycles. The maximum Gasteiger partial charge on any atom is 0.345 e. The molecule has 36 heavy (non-hydrogen) atoms. The molecule has 1 aromatic carbocycles. The number of carbonyl (C=O) groups excluding carboxylic acids is 3. The summed E-state index contributed by atoms with van der Waals surface area (Å²) in [6.07, 6.45) is 3.02. The van der Waals surface area contributed by atoms with Crippen LogP contribution >= 0.6 is 0 Å². The molecule has 0 bridgehead atoms. The average Bonchev–Trinajstić information content (AvgIpc) is 3.62. The number of hydrogen-bond donors (Lipinski definition) is 3. The first-order valence-electron chi connectivity index (χ1n) is 11.0. The summed E-state index contributed by atoms with van der Waals surface area (Å²) in [5.41, 5.74) is 6.09. The number of halogens is 1. The van der Waals surface area contributed by atoms with E-state index >= 15 is 4.39 Å². The molecule has 4 rings (SSSR count). The number of anilines is 2. The minimum Gasteiger partial charge on any atom is -0.422 e. The van der Waals surface area contributed by atoms with Crippen LogP contribution in [0.15, 0.2) is 48.8 Å². The van der Waals surface area contributed by atoms with Crippen LogP contribution in [0.2, 0.25) is 0 Å². The number of carbonyl (C=O) groups is 3. The topological polar surface area (TPSA) is 160 Å². The lowest BCUT2D eigenvalue weighted by Crippen LogP contribution is -2.31. The van der Waals surface area contributed by atoms with Crippen molar-refractivity contribution < 1.29 is 23.5 Å². The molecule has 2 aromatic heterocycles. The van der Waals surface area contributed by atoms with Crippen LogP contribution < -0.4 is 21.1 Å². The van der Waals surface area contributed by atoms with Crippen LogP contribution in [0.5, 0.6) is 5.75 Å². The lowest BCUT2D eigenvalue weighted by Gasteiger charge is -2.15. The third-order valence-electron chi connectivity index (χ3n) is 5.59. The third-order valence-corrected chi connectivity index (χ3v) is 5.59. The molecule has 182 valence electrons. The van der Waals surface area contributed by atoms with Gasteiger partial charge in [0.15, 0.2) is 5.78 Å². The van der Waals surface area contributed by atoms with E-state index in [9.17, 15) is 14.4 Å². The molecule has 2 atom stereocenters. The minimum absolute atomic E-state index is 0.0350. The first-order chi connectivity index (χ1) is 17.3. The molecule has 3 aromatic rings. The quantitative estimate of drug-likeness (QED) is 0.258. The number of nitrogens with two attached hydrogens (primary N) is 1. The molecule has 10 nitrogen and oxygen atoms in total. The normalized spacial score (nSPS) is 15.9. The maximum atomic E-state index is 15.0. The fraction of sp³-hybridized carbons (Fsp3) is 0.200. The van der Waals surface area contributed by atoms with E-state index in [2.05, 4.69) is 20.6 Å². The number of nitrogens with one attached hydrogen (secondary N) is 2. The number of amides is 2. The number of urea groups is 1. The Balaban J connectivity index is 1.55. The Hall–Kier alpha value is -4.85. The summed E-state index contributed by atoms with van der Waals surface area (Å²) in [7, 11) is 0. The molecule has 1 saturated carbocycles. The molecule has 11 heteroatoms. The highest BCUT2D eigenvalue weighted by atomic mass is 19.1. The van der Waals surface area contributed by atoms with Crippen LogP contribution in [-0.4, -0.2) is 33.8 Å². The molecular weight excluding hydrogens is 467 g/mol. The van der Waals surface area contributed by atoms with Crippen molar-refractivity contribution in [1.82, 2.24) is 15.3 Å². The summed E-state index contributed by atoms with van der Waals surface area (Å²) in [6.45, 7) is 1.64. The maximum absolute atomic E-state index is 15.0. The van der Waals surface area contributed by atoms with Crippen LogP contribution in [0.4, 0.5) is 20.8 Å². The second kappa shape index (κ2) is 10.2. The number of benzene rings is 1. The van der Waals surface area contributed by atoms with E-state index in [1.807, 2.05) is 6.07 Å². The molecule has 0 unspecified atom stereocenters. The number of rotatable bonds is 7.